The molecule has 0 aliphatic carbocycles. The lowest BCUT2D eigenvalue weighted by atomic mass is 10.3. The fourth-order valence-electron chi connectivity index (χ4n) is 1.43. The number of nitrogens with one attached hydrogen (secondary N) is 1. The summed E-state index contributed by atoms with van der Waals surface area (Å²) in [5, 5.41) is 0. The first-order valence-electron chi connectivity index (χ1n) is 5.85. The van der Waals surface area contributed by atoms with Crippen LogP contribution in [0.4, 0.5) is 0 Å². The lowest BCUT2D eigenvalue weighted by molar-refractivity contribution is 0.287. The SMILES string of the molecule is CCS(=O)(=O)NCCOc1cccc(OC)c1OC. The Morgan fingerprint density at radius 2 is 1.84 bits per heavy atom. The van der Waals surface area contributed by atoms with Gasteiger partial charge in [-0.3, -0.25) is 0 Å². The van der Waals surface area contributed by atoms with Crippen molar-refractivity contribution in [1.82, 2.24) is 4.72 Å². The highest BCUT2D eigenvalue weighted by molar-refractivity contribution is 7.89. The van der Waals surface area contributed by atoms with Crippen LogP contribution >= 0.6 is 0 Å². The average Bonchev–Trinajstić information content (AvgIpc) is 2.43. The second kappa shape index (κ2) is 7.20. The molecule has 108 valence electrons. The van der Waals surface area contributed by atoms with Gasteiger partial charge in [0.1, 0.15) is 6.61 Å². The van der Waals surface area contributed by atoms with Gasteiger partial charge in [0, 0.05) is 6.54 Å². The molecule has 0 atom stereocenters. The maximum absolute atomic E-state index is 11.2. The van der Waals surface area contributed by atoms with E-state index in [2.05, 4.69) is 4.72 Å². The number of hydrogen-bond acceptors (Lipinski definition) is 5. The van der Waals surface area contributed by atoms with Gasteiger partial charge in [-0.15, -0.1) is 0 Å². The van der Waals surface area contributed by atoms with Crippen molar-refractivity contribution in [2.45, 2.75) is 6.92 Å². The van der Waals surface area contributed by atoms with E-state index in [1.807, 2.05) is 0 Å². The van der Waals surface area contributed by atoms with Crippen molar-refractivity contribution in [3.05, 3.63) is 18.2 Å². The molecule has 0 spiro atoms. The highest BCUT2D eigenvalue weighted by Gasteiger charge is 2.11. The van der Waals surface area contributed by atoms with Crippen LogP contribution in [-0.2, 0) is 10.0 Å². The first kappa shape index (κ1) is 15.6. The Labute approximate surface area is 113 Å². The van der Waals surface area contributed by atoms with Crippen molar-refractivity contribution >= 4 is 10.0 Å². The highest BCUT2D eigenvalue weighted by Crippen LogP contribution is 2.36. The molecule has 7 heteroatoms. The zero-order valence-electron chi connectivity index (χ0n) is 11.3. The Morgan fingerprint density at radius 1 is 1.16 bits per heavy atom. The lowest BCUT2D eigenvalue weighted by Crippen LogP contribution is -2.29. The van der Waals surface area contributed by atoms with Crippen molar-refractivity contribution in [1.29, 1.82) is 0 Å². The summed E-state index contributed by atoms with van der Waals surface area (Å²) in [6.07, 6.45) is 0. The Kier molecular flexibility index (Phi) is 5.91. The molecule has 0 aliphatic heterocycles. The van der Waals surface area contributed by atoms with Crippen LogP contribution in [0.15, 0.2) is 18.2 Å². The van der Waals surface area contributed by atoms with E-state index in [4.69, 9.17) is 14.2 Å². The molecule has 0 amide bonds. The Hall–Kier alpha value is -1.47. The van der Waals surface area contributed by atoms with Crippen molar-refractivity contribution in [2.75, 3.05) is 33.1 Å². The summed E-state index contributed by atoms with van der Waals surface area (Å²) >= 11 is 0. The molecule has 0 saturated heterocycles. The molecule has 0 fully saturated rings. The first-order chi connectivity index (χ1) is 9.04. The van der Waals surface area contributed by atoms with Gasteiger partial charge < -0.3 is 14.2 Å². The molecule has 1 aromatic carbocycles. The molecule has 1 N–H and O–H groups in total. The van der Waals surface area contributed by atoms with Crippen molar-refractivity contribution in [3.63, 3.8) is 0 Å². The molecule has 1 aromatic rings. The Balaban J connectivity index is 2.59. The highest BCUT2D eigenvalue weighted by atomic mass is 32.2. The third-order valence-corrected chi connectivity index (χ3v) is 3.83. The van der Waals surface area contributed by atoms with Gasteiger partial charge in [-0.05, 0) is 19.1 Å². The molecule has 1 rings (SSSR count). The Bertz CT molecular complexity index is 501. The number of hydrogen-bond donors (Lipinski definition) is 1. The summed E-state index contributed by atoms with van der Waals surface area (Å²) in [7, 11) is -0.131. The zero-order valence-corrected chi connectivity index (χ0v) is 12.1. The Morgan fingerprint density at radius 3 is 2.42 bits per heavy atom. The number of rotatable bonds is 8. The van der Waals surface area contributed by atoms with Gasteiger partial charge in [0.2, 0.25) is 15.8 Å². The number of methoxy groups -OCH3 is 2. The van der Waals surface area contributed by atoms with Gasteiger partial charge in [-0.25, -0.2) is 13.1 Å². The molecular formula is C12H19NO5S. The minimum Gasteiger partial charge on any atom is -0.493 e. The molecule has 19 heavy (non-hydrogen) atoms. The normalized spacial score (nSPS) is 11.1. The third kappa shape index (κ3) is 4.60. The standard InChI is InChI=1S/C12H19NO5S/c1-4-19(14,15)13-8-9-18-11-7-5-6-10(16-2)12(11)17-3/h5-7,13H,4,8-9H2,1-3H3. The van der Waals surface area contributed by atoms with Crippen LogP contribution in [-0.4, -0.2) is 41.5 Å². The minimum absolute atomic E-state index is 0.0511. The van der Waals surface area contributed by atoms with Gasteiger partial charge in [-0.1, -0.05) is 6.07 Å². The van der Waals surface area contributed by atoms with Crippen LogP contribution in [0.1, 0.15) is 6.92 Å². The van der Waals surface area contributed by atoms with Gasteiger partial charge in [-0.2, -0.15) is 0 Å². The van der Waals surface area contributed by atoms with E-state index >= 15 is 0 Å². The first-order valence-corrected chi connectivity index (χ1v) is 7.50. The number of para-hydroxylation sites is 1. The van der Waals surface area contributed by atoms with Gasteiger partial charge in [0.25, 0.3) is 0 Å². The van der Waals surface area contributed by atoms with Crippen LogP contribution < -0.4 is 18.9 Å². The second-order valence-electron chi connectivity index (χ2n) is 3.64. The largest absolute Gasteiger partial charge is 0.493 e. The summed E-state index contributed by atoms with van der Waals surface area (Å²) in [5.74, 6) is 1.62. The zero-order chi connectivity index (χ0) is 14.3. The molecule has 0 radical (unpaired) electrons. The van der Waals surface area contributed by atoms with E-state index in [1.165, 1.54) is 14.2 Å². The predicted octanol–water partition coefficient (Wildman–Crippen LogP) is 1.02. The quantitative estimate of drug-likeness (QED) is 0.723. The topological polar surface area (TPSA) is 73.9 Å². The monoisotopic (exact) mass is 289 g/mol. The molecule has 6 nitrogen and oxygen atoms in total. The van der Waals surface area contributed by atoms with Crippen LogP contribution in [0.2, 0.25) is 0 Å². The maximum atomic E-state index is 11.2. The van der Waals surface area contributed by atoms with E-state index in [-0.39, 0.29) is 18.9 Å². The molecular weight excluding hydrogens is 270 g/mol. The summed E-state index contributed by atoms with van der Waals surface area (Å²) in [5.41, 5.74) is 0. The van der Waals surface area contributed by atoms with Crippen LogP contribution in [0, 0.1) is 0 Å². The van der Waals surface area contributed by atoms with E-state index in [0.29, 0.717) is 17.2 Å². The summed E-state index contributed by atoms with van der Waals surface area (Å²) in [6, 6.07) is 5.26. The smallest absolute Gasteiger partial charge is 0.211 e. The van der Waals surface area contributed by atoms with E-state index in [9.17, 15) is 8.42 Å². The van der Waals surface area contributed by atoms with Crippen LogP contribution in [0.5, 0.6) is 17.2 Å². The van der Waals surface area contributed by atoms with E-state index in [0.717, 1.165) is 0 Å². The van der Waals surface area contributed by atoms with Crippen molar-refractivity contribution < 1.29 is 22.6 Å². The molecule has 0 saturated carbocycles. The fourth-order valence-corrected chi connectivity index (χ4v) is 2.03. The van der Waals surface area contributed by atoms with E-state index in [1.54, 1.807) is 25.1 Å². The van der Waals surface area contributed by atoms with Gasteiger partial charge >= 0.3 is 0 Å². The third-order valence-electron chi connectivity index (χ3n) is 2.43. The number of ether oxygens (including phenoxy) is 3. The summed E-state index contributed by atoms with van der Waals surface area (Å²) in [4.78, 5) is 0. The molecule has 0 bridgehead atoms. The van der Waals surface area contributed by atoms with Crippen molar-refractivity contribution in [3.8, 4) is 17.2 Å². The van der Waals surface area contributed by atoms with Crippen LogP contribution in [0.3, 0.4) is 0 Å². The lowest BCUT2D eigenvalue weighted by Gasteiger charge is -2.13. The maximum Gasteiger partial charge on any atom is 0.211 e. The molecule has 0 unspecified atom stereocenters. The number of benzene rings is 1. The number of sulfonamides is 1. The van der Waals surface area contributed by atoms with Crippen molar-refractivity contribution in [2.24, 2.45) is 0 Å². The molecule has 0 heterocycles. The predicted molar refractivity (Wildman–Crippen MR) is 72.5 cm³/mol. The molecule has 0 aliphatic rings. The van der Waals surface area contributed by atoms with Crippen LogP contribution in [0.25, 0.3) is 0 Å². The summed E-state index contributed by atoms with van der Waals surface area (Å²) in [6.45, 7) is 1.99. The molecule has 0 aromatic heterocycles. The fraction of sp³-hybridized carbons (Fsp3) is 0.500. The minimum atomic E-state index is -3.19. The average molecular weight is 289 g/mol. The van der Waals surface area contributed by atoms with Gasteiger partial charge in [0.15, 0.2) is 11.5 Å². The van der Waals surface area contributed by atoms with E-state index < -0.39 is 10.0 Å². The summed E-state index contributed by atoms with van der Waals surface area (Å²) < 4.78 is 40.7. The second-order valence-corrected chi connectivity index (χ2v) is 5.73. The van der Waals surface area contributed by atoms with Gasteiger partial charge in [0.05, 0.1) is 20.0 Å².